The van der Waals surface area contributed by atoms with E-state index in [4.69, 9.17) is 18.9 Å². The number of fused-ring (bicyclic) bond motifs is 1. The number of carbonyl (C=O) groups excluding carboxylic acids is 1. The summed E-state index contributed by atoms with van der Waals surface area (Å²) in [5.74, 6) is 1.50. The molecule has 0 fully saturated rings. The summed E-state index contributed by atoms with van der Waals surface area (Å²) in [4.78, 5) is 11.5. The molecule has 0 heterocycles. The van der Waals surface area contributed by atoms with Gasteiger partial charge in [0.2, 0.25) is 10.0 Å². The van der Waals surface area contributed by atoms with Gasteiger partial charge in [-0.05, 0) is 79.6 Å². The number of sulfonamides is 1. The van der Waals surface area contributed by atoms with E-state index in [9.17, 15) is 18.3 Å². The summed E-state index contributed by atoms with van der Waals surface area (Å²) < 4.78 is 48.4. The molecular formula is C32H40N2O8S. The highest BCUT2D eigenvalue weighted by Crippen LogP contribution is 2.31. The number of aryl methyl sites for hydroxylation is 1. The van der Waals surface area contributed by atoms with Gasteiger partial charge in [-0.2, -0.15) is 0 Å². The Morgan fingerprint density at radius 3 is 2.53 bits per heavy atom. The van der Waals surface area contributed by atoms with Gasteiger partial charge in [-0.25, -0.2) is 13.2 Å². The van der Waals surface area contributed by atoms with Crippen molar-refractivity contribution >= 4 is 21.7 Å². The lowest BCUT2D eigenvalue weighted by atomic mass is 9.84. The third-order valence-electron chi connectivity index (χ3n) is 6.91. The first-order chi connectivity index (χ1) is 20.7. The molecule has 1 aliphatic rings. The lowest BCUT2D eigenvalue weighted by Gasteiger charge is -2.26. The Kier molecular flexibility index (Phi) is 11.7. The third-order valence-corrected chi connectivity index (χ3v) is 7.50. The maximum atomic E-state index is 11.9. The second-order valence-corrected chi connectivity index (χ2v) is 12.3. The van der Waals surface area contributed by atoms with E-state index in [2.05, 4.69) is 16.1 Å². The number of rotatable bonds is 16. The Balaban J connectivity index is 1.21. The van der Waals surface area contributed by atoms with Crippen LogP contribution in [0.4, 0.5) is 5.69 Å². The van der Waals surface area contributed by atoms with E-state index < -0.39 is 16.1 Å². The van der Waals surface area contributed by atoms with Gasteiger partial charge in [-0.3, -0.25) is 4.72 Å². The number of esters is 1. The van der Waals surface area contributed by atoms with Crippen molar-refractivity contribution in [2.75, 3.05) is 43.9 Å². The molecule has 2 atom stereocenters. The van der Waals surface area contributed by atoms with Crippen molar-refractivity contribution in [1.82, 2.24) is 5.32 Å². The summed E-state index contributed by atoms with van der Waals surface area (Å²) in [6.45, 7) is 3.43. The molecule has 10 nitrogen and oxygen atoms in total. The standard InChI is InChI=1S/C32H40N2O8S/c1-3-39-32(36)22-41-28-12-11-25-15-24(9-10-26(25)16-28)18-33-19-27(35)21-40-29-13-14-31(30(17-29)34-43(2,37)38)42-20-23-7-5-4-6-8-23/h4-8,11-14,16-17,24,27,33-35H,3,9-10,15,18-22H2,1-2H3/t24?,27-/m0/s1. The van der Waals surface area contributed by atoms with E-state index in [-0.39, 0.29) is 31.5 Å². The Labute approximate surface area is 253 Å². The largest absolute Gasteiger partial charge is 0.491 e. The van der Waals surface area contributed by atoms with Crippen molar-refractivity contribution in [1.29, 1.82) is 0 Å². The van der Waals surface area contributed by atoms with Crippen LogP contribution < -0.4 is 24.2 Å². The molecule has 3 aromatic carbocycles. The van der Waals surface area contributed by atoms with Gasteiger partial charge in [0.05, 0.1) is 18.6 Å². The van der Waals surface area contributed by atoms with Gasteiger partial charge in [0.1, 0.15) is 36.6 Å². The van der Waals surface area contributed by atoms with Crippen molar-refractivity contribution in [2.45, 2.75) is 38.9 Å². The minimum Gasteiger partial charge on any atom is -0.491 e. The molecule has 0 aliphatic heterocycles. The molecule has 11 heteroatoms. The minimum absolute atomic E-state index is 0.0393. The molecule has 0 radical (unpaired) electrons. The summed E-state index contributed by atoms with van der Waals surface area (Å²) in [5.41, 5.74) is 3.71. The van der Waals surface area contributed by atoms with Crippen molar-refractivity contribution in [3.05, 3.63) is 83.4 Å². The molecule has 0 spiro atoms. The minimum atomic E-state index is -3.55. The first-order valence-corrected chi connectivity index (χ1v) is 16.3. The van der Waals surface area contributed by atoms with Gasteiger partial charge in [-0.15, -0.1) is 0 Å². The Morgan fingerprint density at radius 2 is 1.77 bits per heavy atom. The van der Waals surface area contributed by atoms with Crippen LogP contribution in [0, 0.1) is 5.92 Å². The molecule has 1 aliphatic carbocycles. The molecule has 0 saturated heterocycles. The highest BCUT2D eigenvalue weighted by Gasteiger charge is 2.20. The second-order valence-electron chi connectivity index (χ2n) is 10.6. The summed E-state index contributed by atoms with van der Waals surface area (Å²) in [6, 6.07) is 20.4. The summed E-state index contributed by atoms with van der Waals surface area (Å²) in [6.07, 6.45) is 3.15. The van der Waals surface area contributed by atoms with Crippen LogP contribution in [0.3, 0.4) is 0 Å². The number of aliphatic hydroxyl groups excluding tert-OH is 1. The van der Waals surface area contributed by atoms with E-state index in [1.54, 1.807) is 25.1 Å². The third kappa shape index (κ3) is 10.8. The molecular weight excluding hydrogens is 572 g/mol. The molecule has 0 aromatic heterocycles. The zero-order valence-corrected chi connectivity index (χ0v) is 25.4. The highest BCUT2D eigenvalue weighted by atomic mass is 32.2. The van der Waals surface area contributed by atoms with Gasteiger partial charge < -0.3 is 29.4 Å². The summed E-state index contributed by atoms with van der Waals surface area (Å²) in [5, 5.41) is 13.8. The Bertz CT molecular complexity index is 1450. The van der Waals surface area contributed by atoms with Crippen LogP contribution in [0.1, 0.15) is 30.0 Å². The van der Waals surface area contributed by atoms with E-state index >= 15 is 0 Å². The van der Waals surface area contributed by atoms with Gasteiger partial charge in [-0.1, -0.05) is 36.4 Å². The summed E-state index contributed by atoms with van der Waals surface area (Å²) in [7, 11) is -3.55. The number of anilines is 1. The summed E-state index contributed by atoms with van der Waals surface area (Å²) >= 11 is 0. The normalized spacial score (nSPS) is 15.2. The smallest absolute Gasteiger partial charge is 0.344 e. The number of benzene rings is 3. The highest BCUT2D eigenvalue weighted by molar-refractivity contribution is 7.92. The van der Waals surface area contributed by atoms with Gasteiger partial charge in [0.25, 0.3) is 0 Å². The fourth-order valence-electron chi connectivity index (χ4n) is 4.86. The second kappa shape index (κ2) is 15.6. The molecule has 3 N–H and O–H groups in total. The van der Waals surface area contributed by atoms with E-state index in [1.165, 1.54) is 11.1 Å². The Hall–Kier alpha value is -3.80. The van der Waals surface area contributed by atoms with Crippen LogP contribution in [0.15, 0.2) is 66.7 Å². The first kappa shape index (κ1) is 32.1. The first-order valence-electron chi connectivity index (χ1n) is 14.4. The maximum absolute atomic E-state index is 11.9. The zero-order valence-electron chi connectivity index (χ0n) is 24.6. The van der Waals surface area contributed by atoms with Crippen LogP contribution in [-0.2, 0) is 39.0 Å². The SMILES string of the molecule is CCOC(=O)COc1ccc2c(c1)CCC(CNC[C@H](O)COc1ccc(OCc3ccccc3)c(NS(C)(=O)=O)c1)C2. The number of hydrogen-bond donors (Lipinski definition) is 3. The fourth-order valence-corrected chi connectivity index (χ4v) is 5.42. The number of carbonyl (C=O) groups is 1. The number of ether oxygens (including phenoxy) is 4. The van der Waals surface area contributed by atoms with Gasteiger partial charge in [0.15, 0.2) is 6.61 Å². The van der Waals surface area contributed by atoms with Gasteiger partial charge >= 0.3 is 5.97 Å². The lowest BCUT2D eigenvalue weighted by Crippen LogP contribution is -2.35. The molecule has 232 valence electrons. The lowest BCUT2D eigenvalue weighted by molar-refractivity contribution is -0.145. The Morgan fingerprint density at radius 1 is 1.00 bits per heavy atom. The fraction of sp³-hybridized carbons (Fsp3) is 0.406. The van der Waals surface area contributed by atoms with Crippen molar-refractivity contribution in [3.63, 3.8) is 0 Å². The maximum Gasteiger partial charge on any atom is 0.344 e. The van der Waals surface area contributed by atoms with Crippen LogP contribution in [0.5, 0.6) is 17.2 Å². The molecule has 0 amide bonds. The van der Waals surface area contributed by atoms with Gasteiger partial charge in [0, 0.05) is 12.6 Å². The van der Waals surface area contributed by atoms with Crippen LogP contribution in [0.2, 0.25) is 0 Å². The van der Waals surface area contributed by atoms with E-state index in [1.807, 2.05) is 42.5 Å². The average Bonchev–Trinajstić information content (AvgIpc) is 2.98. The number of hydrogen-bond acceptors (Lipinski definition) is 9. The molecule has 4 rings (SSSR count). The van der Waals surface area contributed by atoms with Crippen LogP contribution in [-0.4, -0.2) is 64.8 Å². The predicted molar refractivity (Wildman–Crippen MR) is 164 cm³/mol. The van der Waals surface area contributed by atoms with Crippen molar-refractivity contribution in [3.8, 4) is 17.2 Å². The molecule has 0 bridgehead atoms. The molecule has 1 unspecified atom stereocenters. The topological polar surface area (TPSA) is 132 Å². The van der Waals surface area contributed by atoms with Crippen LogP contribution >= 0.6 is 0 Å². The van der Waals surface area contributed by atoms with Crippen molar-refractivity contribution < 1.29 is 37.3 Å². The van der Waals surface area contributed by atoms with Crippen molar-refractivity contribution in [2.24, 2.45) is 5.92 Å². The monoisotopic (exact) mass is 612 g/mol. The molecule has 43 heavy (non-hydrogen) atoms. The molecule has 3 aromatic rings. The average molecular weight is 613 g/mol. The van der Waals surface area contributed by atoms with E-state index in [0.717, 1.165) is 37.6 Å². The van der Waals surface area contributed by atoms with E-state index in [0.29, 0.717) is 36.3 Å². The number of nitrogens with one attached hydrogen (secondary N) is 2. The number of aliphatic hydroxyl groups is 1. The molecule has 0 saturated carbocycles. The van der Waals surface area contributed by atoms with Crippen LogP contribution in [0.25, 0.3) is 0 Å². The zero-order chi connectivity index (χ0) is 30.7. The predicted octanol–water partition coefficient (Wildman–Crippen LogP) is 3.71. The quantitative estimate of drug-likeness (QED) is 0.207.